The Labute approximate surface area is 206 Å². The molecule has 3 aromatic rings. The van der Waals surface area contributed by atoms with Crippen LogP contribution in [0.15, 0.2) is 54.9 Å². The SMILES string of the molecule is CCOC(=O)C(CC)NP(=O)(CO[C@@H]1C=C(F)[C@H](n2cnc3c(N)ncnc32)O1)Oc1ccccc1. The van der Waals surface area contributed by atoms with Crippen molar-refractivity contribution in [3.8, 4) is 5.75 Å². The summed E-state index contributed by atoms with van der Waals surface area (Å²) in [5, 5.41) is 2.74. The number of ether oxygens (including phenoxy) is 3. The number of nitrogens with two attached hydrogens (primary N) is 1. The fourth-order valence-electron chi connectivity index (χ4n) is 3.48. The van der Waals surface area contributed by atoms with Gasteiger partial charge in [0.2, 0.25) is 0 Å². The second-order valence-corrected chi connectivity index (χ2v) is 9.75. The molecule has 12 nitrogen and oxygen atoms in total. The summed E-state index contributed by atoms with van der Waals surface area (Å²) in [7, 11) is -3.85. The van der Waals surface area contributed by atoms with Gasteiger partial charge >= 0.3 is 13.5 Å². The van der Waals surface area contributed by atoms with Crippen molar-refractivity contribution in [3.63, 3.8) is 0 Å². The molecule has 4 rings (SSSR count). The van der Waals surface area contributed by atoms with Gasteiger partial charge < -0.3 is 24.5 Å². The number of carbonyl (C=O) groups is 1. The molecule has 3 heterocycles. The van der Waals surface area contributed by atoms with Crippen LogP contribution >= 0.6 is 7.52 Å². The molecule has 4 atom stereocenters. The molecule has 0 radical (unpaired) electrons. The molecule has 1 aliphatic rings. The number of benzene rings is 1. The number of nitrogens with one attached hydrogen (secondary N) is 1. The Morgan fingerprint density at radius 2 is 2.06 bits per heavy atom. The highest BCUT2D eigenvalue weighted by atomic mass is 31.2. The molecule has 2 unspecified atom stereocenters. The van der Waals surface area contributed by atoms with Crippen molar-refractivity contribution < 1.29 is 32.5 Å². The molecule has 1 aromatic carbocycles. The fraction of sp³-hybridized carbons (Fsp3) is 0.364. The highest BCUT2D eigenvalue weighted by molar-refractivity contribution is 7.57. The average Bonchev–Trinajstić information content (AvgIpc) is 3.46. The standard InChI is InChI=1S/C22H26FN6O6P/c1-3-16(22(30)32-4-2)28-36(31,35-14-8-6-5-7-9-14)13-33-17-10-15(23)21(34-17)29-12-27-18-19(24)25-11-26-20(18)29/h5-12,16-17,21H,3-4,13H2,1-2H3,(H,28,31)(H2,24,25,26)/t16?,17-,21+,36?/m0/s1. The molecule has 14 heteroatoms. The van der Waals surface area contributed by atoms with E-state index in [0.29, 0.717) is 11.3 Å². The number of esters is 1. The molecule has 0 saturated carbocycles. The van der Waals surface area contributed by atoms with Crippen molar-refractivity contribution in [2.45, 2.75) is 38.8 Å². The van der Waals surface area contributed by atoms with Gasteiger partial charge in [0.15, 0.2) is 36.2 Å². The van der Waals surface area contributed by atoms with Crippen molar-refractivity contribution in [1.29, 1.82) is 0 Å². The van der Waals surface area contributed by atoms with Crippen molar-refractivity contribution in [1.82, 2.24) is 24.6 Å². The second-order valence-electron chi connectivity index (χ2n) is 7.71. The van der Waals surface area contributed by atoms with E-state index in [0.717, 1.165) is 6.08 Å². The lowest BCUT2D eigenvalue weighted by Gasteiger charge is -2.25. The summed E-state index contributed by atoms with van der Waals surface area (Å²) in [6.07, 6.45) is 0.984. The minimum absolute atomic E-state index is 0.145. The number of hydrogen-bond donors (Lipinski definition) is 2. The monoisotopic (exact) mass is 520 g/mol. The van der Waals surface area contributed by atoms with Crippen LogP contribution in [0.5, 0.6) is 5.75 Å². The third-order valence-electron chi connectivity index (χ3n) is 5.17. The summed E-state index contributed by atoms with van der Waals surface area (Å²) in [4.78, 5) is 24.4. The van der Waals surface area contributed by atoms with Crippen LogP contribution in [0, 0.1) is 0 Å². The lowest BCUT2D eigenvalue weighted by atomic mass is 10.2. The summed E-state index contributed by atoms with van der Waals surface area (Å²) in [6.45, 7) is 3.57. The van der Waals surface area contributed by atoms with Gasteiger partial charge in [0, 0.05) is 6.08 Å². The number of fused-ring (bicyclic) bond motifs is 1. The van der Waals surface area contributed by atoms with Crippen LogP contribution in [-0.2, 0) is 23.6 Å². The van der Waals surface area contributed by atoms with E-state index in [4.69, 9.17) is 24.5 Å². The molecule has 0 aliphatic carbocycles. The van der Waals surface area contributed by atoms with E-state index in [1.807, 2.05) is 0 Å². The van der Waals surface area contributed by atoms with E-state index >= 15 is 0 Å². The minimum Gasteiger partial charge on any atom is -0.465 e. The Morgan fingerprint density at radius 3 is 2.78 bits per heavy atom. The molecule has 1 aliphatic heterocycles. The zero-order valence-electron chi connectivity index (χ0n) is 19.6. The molecule has 0 amide bonds. The van der Waals surface area contributed by atoms with Crippen LogP contribution in [0.4, 0.5) is 10.2 Å². The summed E-state index contributed by atoms with van der Waals surface area (Å²) in [6, 6.07) is 7.50. The number of imidazole rings is 1. The van der Waals surface area contributed by atoms with Gasteiger partial charge in [-0.05, 0) is 25.5 Å². The van der Waals surface area contributed by atoms with Crippen LogP contribution in [0.1, 0.15) is 26.5 Å². The second kappa shape index (κ2) is 11.1. The number of anilines is 1. The van der Waals surface area contributed by atoms with Gasteiger partial charge in [0.25, 0.3) is 0 Å². The normalized spacial score (nSPS) is 20.0. The Balaban J connectivity index is 1.49. The third-order valence-corrected chi connectivity index (χ3v) is 6.87. The molecule has 0 spiro atoms. The Hall–Kier alpha value is -3.38. The summed E-state index contributed by atoms with van der Waals surface area (Å²) in [5.74, 6) is -0.801. The first kappa shape index (κ1) is 25.7. The maximum absolute atomic E-state index is 14.8. The van der Waals surface area contributed by atoms with E-state index in [9.17, 15) is 13.8 Å². The molecule has 36 heavy (non-hydrogen) atoms. The maximum atomic E-state index is 14.8. The van der Waals surface area contributed by atoms with Crippen molar-refractivity contribution in [2.24, 2.45) is 0 Å². The van der Waals surface area contributed by atoms with Gasteiger partial charge in [-0.1, -0.05) is 25.1 Å². The average molecular weight is 520 g/mol. The summed E-state index contributed by atoms with van der Waals surface area (Å²) < 4.78 is 51.9. The molecule has 192 valence electrons. The summed E-state index contributed by atoms with van der Waals surface area (Å²) in [5.41, 5.74) is 6.37. The number of carbonyl (C=O) groups excluding carboxylic acids is 1. The Morgan fingerprint density at radius 1 is 1.28 bits per heavy atom. The van der Waals surface area contributed by atoms with E-state index in [2.05, 4.69) is 20.0 Å². The third kappa shape index (κ3) is 5.71. The smallest absolute Gasteiger partial charge is 0.342 e. The predicted octanol–water partition coefficient (Wildman–Crippen LogP) is 3.29. The van der Waals surface area contributed by atoms with Crippen LogP contribution in [0.25, 0.3) is 11.2 Å². The first-order valence-electron chi connectivity index (χ1n) is 11.2. The van der Waals surface area contributed by atoms with Gasteiger partial charge in [-0.3, -0.25) is 13.9 Å². The van der Waals surface area contributed by atoms with Crippen LogP contribution < -0.4 is 15.3 Å². The van der Waals surface area contributed by atoms with Gasteiger partial charge in [-0.15, -0.1) is 0 Å². The molecule has 0 fully saturated rings. The van der Waals surface area contributed by atoms with Gasteiger partial charge in [0.05, 0.1) is 12.9 Å². The zero-order valence-corrected chi connectivity index (χ0v) is 20.5. The number of para-hydroxylation sites is 1. The number of nitrogen functional groups attached to an aromatic ring is 1. The summed E-state index contributed by atoms with van der Waals surface area (Å²) >= 11 is 0. The van der Waals surface area contributed by atoms with Gasteiger partial charge in [0.1, 0.15) is 23.6 Å². The lowest BCUT2D eigenvalue weighted by Crippen LogP contribution is -2.37. The van der Waals surface area contributed by atoms with Crippen molar-refractivity contribution >= 4 is 30.5 Å². The number of rotatable bonds is 11. The van der Waals surface area contributed by atoms with E-state index in [1.165, 1.54) is 17.2 Å². The minimum atomic E-state index is -3.85. The lowest BCUT2D eigenvalue weighted by molar-refractivity contribution is -0.145. The van der Waals surface area contributed by atoms with E-state index < -0.39 is 44.2 Å². The Bertz CT molecular complexity index is 1290. The van der Waals surface area contributed by atoms with Gasteiger partial charge in [-0.25, -0.2) is 24.4 Å². The number of halogens is 1. The topological polar surface area (TPSA) is 153 Å². The number of nitrogens with zero attached hydrogens (tertiary/aromatic N) is 4. The van der Waals surface area contributed by atoms with Gasteiger partial charge in [-0.2, -0.15) is 0 Å². The predicted molar refractivity (Wildman–Crippen MR) is 127 cm³/mol. The van der Waals surface area contributed by atoms with Crippen LogP contribution in [0.3, 0.4) is 0 Å². The first-order valence-corrected chi connectivity index (χ1v) is 13.0. The maximum Gasteiger partial charge on any atom is 0.342 e. The molecule has 2 aromatic heterocycles. The largest absolute Gasteiger partial charge is 0.465 e. The van der Waals surface area contributed by atoms with E-state index in [-0.39, 0.29) is 24.5 Å². The Kier molecular flexibility index (Phi) is 7.94. The highest BCUT2D eigenvalue weighted by Crippen LogP contribution is 2.45. The van der Waals surface area contributed by atoms with Crippen LogP contribution in [-0.4, -0.2) is 50.8 Å². The number of aromatic nitrogens is 4. The molecular formula is C22H26FN6O6P. The molecule has 3 N–H and O–H groups in total. The van der Waals surface area contributed by atoms with Crippen LogP contribution in [0.2, 0.25) is 0 Å². The number of hydrogen-bond acceptors (Lipinski definition) is 10. The van der Waals surface area contributed by atoms with Crippen molar-refractivity contribution in [3.05, 3.63) is 54.9 Å². The molecular weight excluding hydrogens is 494 g/mol. The van der Waals surface area contributed by atoms with Crippen molar-refractivity contribution in [2.75, 3.05) is 18.7 Å². The fourth-order valence-corrected chi connectivity index (χ4v) is 5.22. The molecule has 0 saturated heterocycles. The molecule has 0 bridgehead atoms. The first-order chi connectivity index (χ1) is 17.3. The van der Waals surface area contributed by atoms with E-state index in [1.54, 1.807) is 44.2 Å². The quantitative estimate of drug-likeness (QED) is 0.283. The zero-order chi connectivity index (χ0) is 25.7. The highest BCUT2D eigenvalue weighted by Gasteiger charge is 2.36.